The minimum Gasteiger partial charge on any atom is -0.207 e. The summed E-state index contributed by atoms with van der Waals surface area (Å²) >= 11 is 11.2. The third-order valence-electron chi connectivity index (χ3n) is 2.23. The van der Waals surface area contributed by atoms with Gasteiger partial charge in [0.2, 0.25) is 0 Å². The number of hydrogen-bond donors (Lipinski definition) is 0. The molecular formula is C12H9BrClFS. The van der Waals surface area contributed by atoms with Crippen LogP contribution >= 0.6 is 38.9 Å². The van der Waals surface area contributed by atoms with Gasteiger partial charge in [-0.3, -0.25) is 0 Å². The van der Waals surface area contributed by atoms with E-state index in [0.29, 0.717) is 5.02 Å². The van der Waals surface area contributed by atoms with Gasteiger partial charge in [0, 0.05) is 4.88 Å². The molecule has 0 saturated carbocycles. The maximum Gasteiger partial charge on any atom is 0.123 e. The van der Waals surface area contributed by atoms with Crippen molar-refractivity contribution in [1.29, 1.82) is 0 Å². The fraction of sp³-hybridized carbons (Fsp3) is 0.167. The molecule has 0 amide bonds. The van der Waals surface area contributed by atoms with E-state index in [0.717, 1.165) is 16.0 Å². The third kappa shape index (κ3) is 2.47. The predicted octanol–water partition coefficient (Wildman–Crippen LogP) is 5.33. The first-order valence-corrected chi connectivity index (χ1v) is 6.89. The van der Waals surface area contributed by atoms with Crippen LogP contribution in [0.25, 0.3) is 0 Å². The number of hydrogen-bond acceptors (Lipinski definition) is 1. The first-order valence-electron chi connectivity index (χ1n) is 4.72. The second kappa shape index (κ2) is 4.86. The van der Waals surface area contributed by atoms with Crippen molar-refractivity contribution in [3.05, 3.63) is 56.5 Å². The fourth-order valence-electron chi connectivity index (χ4n) is 1.55. The smallest absolute Gasteiger partial charge is 0.123 e. The quantitative estimate of drug-likeness (QED) is 0.656. The SMILES string of the molecule is Cc1cc(F)cc(C(Br)c2sccc2Cl)c1. The Balaban J connectivity index is 2.41. The normalized spacial score (nSPS) is 12.8. The van der Waals surface area contributed by atoms with Gasteiger partial charge in [-0.2, -0.15) is 0 Å². The van der Waals surface area contributed by atoms with Gasteiger partial charge in [-0.15, -0.1) is 11.3 Å². The Morgan fingerprint density at radius 1 is 1.38 bits per heavy atom. The van der Waals surface area contributed by atoms with Crippen molar-refractivity contribution >= 4 is 38.9 Å². The largest absolute Gasteiger partial charge is 0.207 e. The standard InChI is InChI=1S/C12H9BrClFS/c1-7-4-8(6-9(15)5-7)11(13)12-10(14)2-3-16-12/h2-6,11H,1H3. The molecule has 2 rings (SSSR count). The zero-order valence-electron chi connectivity index (χ0n) is 8.51. The molecule has 1 unspecified atom stereocenters. The van der Waals surface area contributed by atoms with Crippen molar-refractivity contribution in [3.8, 4) is 0 Å². The lowest BCUT2D eigenvalue weighted by Crippen LogP contribution is -1.92. The van der Waals surface area contributed by atoms with Crippen LogP contribution in [-0.2, 0) is 0 Å². The molecule has 1 aromatic carbocycles. The highest BCUT2D eigenvalue weighted by molar-refractivity contribution is 9.09. The summed E-state index contributed by atoms with van der Waals surface area (Å²) in [6.07, 6.45) is 0. The van der Waals surface area contributed by atoms with Gasteiger partial charge in [0.15, 0.2) is 0 Å². The molecule has 0 aliphatic heterocycles. The van der Waals surface area contributed by atoms with Crippen LogP contribution in [0, 0.1) is 12.7 Å². The lowest BCUT2D eigenvalue weighted by Gasteiger charge is -2.10. The fourth-order valence-corrected chi connectivity index (χ4v) is 3.68. The second-order valence-electron chi connectivity index (χ2n) is 3.56. The van der Waals surface area contributed by atoms with Crippen LogP contribution in [-0.4, -0.2) is 0 Å². The Kier molecular flexibility index (Phi) is 3.67. The van der Waals surface area contributed by atoms with Crippen LogP contribution in [0.15, 0.2) is 29.6 Å². The highest BCUT2D eigenvalue weighted by atomic mass is 79.9. The first-order chi connectivity index (χ1) is 7.58. The summed E-state index contributed by atoms with van der Waals surface area (Å²) in [5.41, 5.74) is 1.80. The van der Waals surface area contributed by atoms with Crippen molar-refractivity contribution in [2.75, 3.05) is 0 Å². The van der Waals surface area contributed by atoms with Crippen molar-refractivity contribution in [3.63, 3.8) is 0 Å². The van der Waals surface area contributed by atoms with Gasteiger partial charge in [-0.1, -0.05) is 33.6 Å². The molecule has 0 saturated heterocycles. The number of rotatable bonds is 2. The van der Waals surface area contributed by atoms with Gasteiger partial charge in [0.05, 0.1) is 9.85 Å². The van der Waals surface area contributed by atoms with Crippen LogP contribution in [0.4, 0.5) is 4.39 Å². The third-order valence-corrected chi connectivity index (χ3v) is 4.94. The Morgan fingerprint density at radius 3 is 2.69 bits per heavy atom. The summed E-state index contributed by atoms with van der Waals surface area (Å²) in [5, 5.41) is 2.65. The van der Waals surface area contributed by atoms with E-state index in [1.54, 1.807) is 11.3 Å². The van der Waals surface area contributed by atoms with Gasteiger partial charge in [0.25, 0.3) is 0 Å². The molecule has 0 aliphatic carbocycles. The topological polar surface area (TPSA) is 0 Å². The molecule has 4 heteroatoms. The Hall–Kier alpha value is -0.380. The van der Waals surface area contributed by atoms with Gasteiger partial charge < -0.3 is 0 Å². The van der Waals surface area contributed by atoms with Crippen LogP contribution in [0.2, 0.25) is 5.02 Å². The van der Waals surface area contributed by atoms with Gasteiger partial charge in [-0.25, -0.2) is 4.39 Å². The van der Waals surface area contributed by atoms with E-state index in [1.807, 2.05) is 24.4 Å². The predicted molar refractivity (Wildman–Crippen MR) is 71.2 cm³/mol. The van der Waals surface area contributed by atoms with E-state index in [1.165, 1.54) is 12.1 Å². The molecule has 2 aromatic rings. The maximum absolute atomic E-state index is 13.3. The summed E-state index contributed by atoms with van der Waals surface area (Å²) in [5.74, 6) is -0.216. The van der Waals surface area contributed by atoms with Gasteiger partial charge in [-0.05, 0) is 41.6 Å². The summed E-state index contributed by atoms with van der Waals surface area (Å²) in [7, 11) is 0. The summed E-state index contributed by atoms with van der Waals surface area (Å²) in [4.78, 5) is 0.959. The monoisotopic (exact) mass is 318 g/mol. The van der Waals surface area contributed by atoms with E-state index in [4.69, 9.17) is 11.6 Å². The number of benzene rings is 1. The molecule has 1 atom stereocenters. The Bertz CT molecular complexity index is 489. The highest BCUT2D eigenvalue weighted by Gasteiger charge is 2.16. The number of thiophene rings is 1. The first kappa shape index (κ1) is 12.1. The molecule has 1 heterocycles. The summed E-state index contributed by atoms with van der Waals surface area (Å²) < 4.78 is 13.3. The molecule has 84 valence electrons. The average molecular weight is 320 g/mol. The van der Waals surface area contributed by atoms with E-state index < -0.39 is 0 Å². The molecule has 0 nitrogen and oxygen atoms in total. The molecule has 0 radical (unpaired) electrons. The molecule has 0 fully saturated rings. The lowest BCUT2D eigenvalue weighted by molar-refractivity contribution is 0.624. The second-order valence-corrected chi connectivity index (χ2v) is 5.83. The van der Waals surface area contributed by atoms with Crippen molar-refractivity contribution in [2.45, 2.75) is 11.8 Å². The van der Waals surface area contributed by atoms with Crippen LogP contribution in [0.3, 0.4) is 0 Å². The zero-order chi connectivity index (χ0) is 11.7. The average Bonchev–Trinajstić information content (AvgIpc) is 2.62. The molecule has 1 aromatic heterocycles. The van der Waals surface area contributed by atoms with E-state index >= 15 is 0 Å². The lowest BCUT2D eigenvalue weighted by atomic mass is 10.1. The highest BCUT2D eigenvalue weighted by Crippen LogP contribution is 2.39. The van der Waals surface area contributed by atoms with E-state index in [-0.39, 0.29) is 10.6 Å². The Morgan fingerprint density at radius 2 is 2.12 bits per heavy atom. The van der Waals surface area contributed by atoms with Crippen LogP contribution in [0.5, 0.6) is 0 Å². The molecular weight excluding hydrogens is 311 g/mol. The van der Waals surface area contributed by atoms with Crippen molar-refractivity contribution in [1.82, 2.24) is 0 Å². The van der Waals surface area contributed by atoms with Crippen molar-refractivity contribution in [2.24, 2.45) is 0 Å². The maximum atomic E-state index is 13.3. The number of aryl methyl sites for hydroxylation is 1. The summed E-state index contributed by atoms with van der Waals surface area (Å²) in [6, 6.07) is 6.85. The van der Waals surface area contributed by atoms with Crippen LogP contribution < -0.4 is 0 Å². The van der Waals surface area contributed by atoms with E-state index in [9.17, 15) is 4.39 Å². The summed E-state index contributed by atoms with van der Waals surface area (Å²) in [6.45, 7) is 1.88. The van der Waals surface area contributed by atoms with Gasteiger partial charge in [0.1, 0.15) is 5.82 Å². The van der Waals surface area contributed by atoms with Crippen LogP contribution in [0.1, 0.15) is 20.8 Å². The molecule has 0 bridgehead atoms. The molecule has 0 spiro atoms. The number of halogens is 3. The minimum absolute atomic E-state index is 0.0469. The zero-order valence-corrected chi connectivity index (χ0v) is 11.7. The van der Waals surface area contributed by atoms with E-state index in [2.05, 4.69) is 15.9 Å². The number of alkyl halides is 1. The Labute approximate surface area is 111 Å². The molecule has 0 N–H and O–H groups in total. The molecule has 0 aliphatic rings. The van der Waals surface area contributed by atoms with Crippen molar-refractivity contribution < 1.29 is 4.39 Å². The molecule has 16 heavy (non-hydrogen) atoms. The van der Waals surface area contributed by atoms with Gasteiger partial charge >= 0.3 is 0 Å². The minimum atomic E-state index is -0.216.